The second-order valence-electron chi connectivity index (χ2n) is 5.62. The van der Waals surface area contributed by atoms with Crippen LogP contribution in [-0.4, -0.2) is 39.2 Å². The van der Waals surface area contributed by atoms with Crippen LogP contribution < -0.4 is 9.64 Å². The van der Waals surface area contributed by atoms with Gasteiger partial charge in [0.2, 0.25) is 0 Å². The molecular formula is C20H21NO3. The number of carbonyl (C=O) groups excluding carboxylic acids is 1. The largest absolute Gasteiger partial charge is 0.497 e. The number of allylic oxidation sites excluding steroid dienone is 1. The number of ether oxygens (including phenoxy) is 2. The van der Waals surface area contributed by atoms with Gasteiger partial charge in [0.15, 0.2) is 5.78 Å². The number of ketones is 1. The van der Waals surface area contributed by atoms with Gasteiger partial charge in [0, 0.05) is 24.3 Å². The van der Waals surface area contributed by atoms with Crippen molar-refractivity contribution in [1.82, 2.24) is 0 Å². The van der Waals surface area contributed by atoms with Crippen molar-refractivity contribution in [2.45, 2.75) is 0 Å². The molecular weight excluding hydrogens is 302 g/mol. The van der Waals surface area contributed by atoms with Gasteiger partial charge in [-0.3, -0.25) is 4.79 Å². The molecule has 2 aromatic rings. The number of hydrogen-bond acceptors (Lipinski definition) is 4. The van der Waals surface area contributed by atoms with Crippen molar-refractivity contribution in [3.63, 3.8) is 0 Å². The van der Waals surface area contributed by atoms with Crippen LogP contribution in [0.1, 0.15) is 15.9 Å². The standard InChI is InChI=1S/C20H21NO3/c1-23-19-7-2-4-16(14-19)8-9-20(22)17-5-3-6-18(15-17)21-10-12-24-13-11-21/h2-9,14-15H,10-13H2,1H3/b9-8+. The molecule has 0 aliphatic carbocycles. The van der Waals surface area contributed by atoms with Crippen molar-refractivity contribution < 1.29 is 14.3 Å². The highest BCUT2D eigenvalue weighted by Gasteiger charge is 2.12. The first-order valence-electron chi connectivity index (χ1n) is 8.05. The summed E-state index contributed by atoms with van der Waals surface area (Å²) in [5.41, 5.74) is 2.70. The molecule has 3 rings (SSSR count). The third-order valence-electron chi connectivity index (χ3n) is 4.03. The predicted octanol–water partition coefficient (Wildman–Crippen LogP) is 3.43. The molecule has 1 saturated heterocycles. The molecule has 0 amide bonds. The summed E-state index contributed by atoms with van der Waals surface area (Å²) in [6, 6.07) is 15.4. The minimum absolute atomic E-state index is 0.00655. The average molecular weight is 323 g/mol. The zero-order chi connectivity index (χ0) is 16.8. The first-order chi connectivity index (χ1) is 11.8. The fourth-order valence-electron chi connectivity index (χ4n) is 2.69. The molecule has 0 spiro atoms. The first-order valence-corrected chi connectivity index (χ1v) is 8.05. The molecule has 24 heavy (non-hydrogen) atoms. The lowest BCUT2D eigenvalue weighted by Crippen LogP contribution is -2.36. The molecule has 1 fully saturated rings. The minimum Gasteiger partial charge on any atom is -0.497 e. The zero-order valence-corrected chi connectivity index (χ0v) is 13.8. The van der Waals surface area contributed by atoms with Crippen molar-refractivity contribution in [2.75, 3.05) is 38.3 Å². The maximum atomic E-state index is 12.4. The van der Waals surface area contributed by atoms with Gasteiger partial charge in [0.05, 0.1) is 20.3 Å². The Morgan fingerprint density at radius 3 is 2.71 bits per heavy atom. The van der Waals surface area contributed by atoms with Gasteiger partial charge in [-0.05, 0) is 35.9 Å². The molecule has 124 valence electrons. The molecule has 1 aliphatic rings. The van der Waals surface area contributed by atoms with E-state index < -0.39 is 0 Å². The summed E-state index contributed by atoms with van der Waals surface area (Å²) in [7, 11) is 1.63. The molecule has 4 nitrogen and oxygen atoms in total. The fraction of sp³-hybridized carbons (Fsp3) is 0.250. The highest BCUT2D eigenvalue weighted by Crippen LogP contribution is 2.19. The zero-order valence-electron chi connectivity index (χ0n) is 13.8. The van der Waals surface area contributed by atoms with Crippen molar-refractivity contribution >= 4 is 17.5 Å². The molecule has 0 saturated carbocycles. The Labute approximate surface area is 142 Å². The summed E-state index contributed by atoms with van der Waals surface area (Å²) in [5.74, 6) is 0.770. The van der Waals surface area contributed by atoms with E-state index in [4.69, 9.17) is 9.47 Å². The second-order valence-corrected chi connectivity index (χ2v) is 5.62. The van der Waals surface area contributed by atoms with Crippen molar-refractivity contribution in [3.8, 4) is 5.75 Å². The lowest BCUT2D eigenvalue weighted by molar-refractivity contribution is 0.104. The molecule has 0 unspecified atom stereocenters. The molecule has 2 aromatic carbocycles. The van der Waals surface area contributed by atoms with Gasteiger partial charge < -0.3 is 14.4 Å². The van der Waals surface area contributed by atoms with Crippen LogP contribution in [0.15, 0.2) is 54.6 Å². The van der Waals surface area contributed by atoms with E-state index in [2.05, 4.69) is 4.90 Å². The Bertz CT molecular complexity index is 733. The lowest BCUT2D eigenvalue weighted by atomic mass is 10.1. The molecule has 0 N–H and O–H groups in total. The quantitative estimate of drug-likeness (QED) is 0.624. The van der Waals surface area contributed by atoms with Crippen LogP contribution in [0.3, 0.4) is 0 Å². The predicted molar refractivity (Wildman–Crippen MR) is 95.8 cm³/mol. The summed E-state index contributed by atoms with van der Waals surface area (Å²) in [4.78, 5) is 14.7. The van der Waals surface area contributed by atoms with Gasteiger partial charge in [0.25, 0.3) is 0 Å². The smallest absolute Gasteiger partial charge is 0.185 e. The topological polar surface area (TPSA) is 38.8 Å². The number of methoxy groups -OCH3 is 1. The summed E-state index contributed by atoms with van der Waals surface area (Å²) < 4.78 is 10.6. The molecule has 0 radical (unpaired) electrons. The number of rotatable bonds is 5. The Balaban J connectivity index is 1.73. The third-order valence-corrected chi connectivity index (χ3v) is 4.03. The summed E-state index contributed by atoms with van der Waals surface area (Å²) in [6.45, 7) is 3.18. The number of carbonyl (C=O) groups is 1. The van der Waals surface area contributed by atoms with Crippen LogP contribution >= 0.6 is 0 Å². The number of nitrogens with zero attached hydrogens (tertiary/aromatic N) is 1. The normalized spacial score (nSPS) is 14.8. The molecule has 0 aromatic heterocycles. The Kier molecular flexibility index (Phi) is 5.29. The molecule has 0 atom stereocenters. The van der Waals surface area contributed by atoms with Crippen LogP contribution in [-0.2, 0) is 4.74 Å². The molecule has 1 aliphatic heterocycles. The molecule has 0 bridgehead atoms. The number of benzene rings is 2. The van der Waals surface area contributed by atoms with Crippen LogP contribution in [0, 0.1) is 0 Å². The van der Waals surface area contributed by atoms with Gasteiger partial charge >= 0.3 is 0 Å². The lowest BCUT2D eigenvalue weighted by Gasteiger charge is -2.29. The SMILES string of the molecule is COc1cccc(/C=C/C(=O)c2cccc(N3CCOCC3)c2)c1. The van der Waals surface area contributed by atoms with Gasteiger partial charge in [-0.15, -0.1) is 0 Å². The highest BCUT2D eigenvalue weighted by molar-refractivity contribution is 6.07. The van der Waals surface area contributed by atoms with E-state index in [1.165, 1.54) is 0 Å². The van der Waals surface area contributed by atoms with Crippen LogP contribution in [0.4, 0.5) is 5.69 Å². The van der Waals surface area contributed by atoms with E-state index in [-0.39, 0.29) is 5.78 Å². The van der Waals surface area contributed by atoms with E-state index in [0.717, 1.165) is 43.3 Å². The van der Waals surface area contributed by atoms with E-state index in [9.17, 15) is 4.79 Å². The maximum Gasteiger partial charge on any atom is 0.185 e. The van der Waals surface area contributed by atoms with Gasteiger partial charge in [-0.1, -0.05) is 30.3 Å². The van der Waals surface area contributed by atoms with Gasteiger partial charge in [-0.25, -0.2) is 0 Å². The van der Waals surface area contributed by atoms with Crippen LogP contribution in [0.5, 0.6) is 5.75 Å². The summed E-state index contributed by atoms with van der Waals surface area (Å²) in [5, 5.41) is 0. The van der Waals surface area contributed by atoms with E-state index in [1.807, 2.05) is 54.6 Å². The monoisotopic (exact) mass is 323 g/mol. The summed E-state index contributed by atoms with van der Waals surface area (Å²) >= 11 is 0. The van der Waals surface area contributed by atoms with Crippen LogP contribution in [0.25, 0.3) is 6.08 Å². The fourth-order valence-corrected chi connectivity index (χ4v) is 2.69. The Morgan fingerprint density at radius 1 is 1.12 bits per heavy atom. The highest BCUT2D eigenvalue weighted by atomic mass is 16.5. The van der Waals surface area contributed by atoms with Crippen LogP contribution in [0.2, 0.25) is 0 Å². The minimum atomic E-state index is -0.00655. The molecule has 1 heterocycles. The number of morpholine rings is 1. The van der Waals surface area contributed by atoms with Crippen molar-refractivity contribution in [3.05, 3.63) is 65.7 Å². The van der Waals surface area contributed by atoms with E-state index >= 15 is 0 Å². The molecule has 4 heteroatoms. The third kappa shape index (κ3) is 4.03. The average Bonchev–Trinajstić information content (AvgIpc) is 2.67. The Hall–Kier alpha value is -2.59. The van der Waals surface area contributed by atoms with Gasteiger partial charge in [-0.2, -0.15) is 0 Å². The second kappa shape index (κ2) is 7.79. The van der Waals surface area contributed by atoms with Crippen molar-refractivity contribution in [1.29, 1.82) is 0 Å². The van der Waals surface area contributed by atoms with Crippen molar-refractivity contribution in [2.24, 2.45) is 0 Å². The van der Waals surface area contributed by atoms with Gasteiger partial charge in [0.1, 0.15) is 5.75 Å². The van der Waals surface area contributed by atoms with E-state index in [0.29, 0.717) is 5.56 Å². The maximum absolute atomic E-state index is 12.4. The number of hydrogen-bond donors (Lipinski definition) is 0. The van der Waals surface area contributed by atoms with E-state index in [1.54, 1.807) is 13.2 Å². The number of anilines is 1. The Morgan fingerprint density at radius 2 is 1.92 bits per heavy atom. The summed E-state index contributed by atoms with van der Waals surface area (Å²) in [6.07, 6.45) is 3.42. The first kappa shape index (κ1) is 16.3.